The topological polar surface area (TPSA) is 142 Å². The number of methoxy groups -OCH3 is 1. The van der Waals surface area contributed by atoms with Crippen molar-refractivity contribution in [2.45, 2.75) is 43.0 Å². The third-order valence-corrected chi connectivity index (χ3v) is 8.96. The number of rotatable bonds is 8. The Morgan fingerprint density at radius 3 is 2.59 bits per heavy atom. The average molecular weight is 682 g/mol. The number of pyridine rings is 1. The Labute approximate surface area is 268 Å². The highest BCUT2D eigenvalue weighted by Gasteiger charge is 2.58. The maximum absolute atomic E-state index is 14.8. The highest BCUT2D eigenvalue weighted by molar-refractivity contribution is 6.36. The summed E-state index contributed by atoms with van der Waals surface area (Å²) in [5.41, 5.74) is -1.27. The van der Waals surface area contributed by atoms with E-state index >= 15 is 0 Å². The van der Waals surface area contributed by atoms with E-state index in [1.807, 2.05) is 0 Å². The van der Waals surface area contributed by atoms with Crippen LogP contribution in [0.2, 0.25) is 10.0 Å². The number of hydrogen-bond donors (Lipinski definition) is 3. The maximum atomic E-state index is 14.8. The minimum Gasteiger partial charge on any atom is -0.494 e. The Kier molecular flexibility index (Phi) is 7.60. The molecule has 3 heterocycles. The number of fused-ring (bicyclic) bond motifs is 2. The second-order valence-corrected chi connectivity index (χ2v) is 12.2. The highest BCUT2D eigenvalue weighted by Crippen LogP contribution is 2.49. The van der Waals surface area contributed by atoms with Crippen LogP contribution < -0.4 is 20.5 Å². The molecule has 0 radical (unpaired) electrons. The van der Waals surface area contributed by atoms with Gasteiger partial charge in [0, 0.05) is 28.3 Å². The van der Waals surface area contributed by atoms with E-state index in [9.17, 15) is 32.3 Å². The van der Waals surface area contributed by atoms with Crippen molar-refractivity contribution < 1.29 is 41.7 Å². The maximum Gasteiger partial charge on any atom is 0.424 e. The molecule has 2 aromatic carbocycles. The Bertz CT molecular complexity index is 1930. The molecular formula is C30H25Cl2F4N5O5. The van der Waals surface area contributed by atoms with E-state index in [0.717, 1.165) is 25.0 Å². The normalized spacial score (nSPS) is 19.0. The zero-order chi connectivity index (χ0) is 33.3. The molecule has 2 atom stereocenters. The van der Waals surface area contributed by atoms with Crippen molar-refractivity contribution in [3.8, 4) is 22.8 Å². The summed E-state index contributed by atoms with van der Waals surface area (Å²) >= 11 is 12.0. The van der Waals surface area contributed by atoms with Crippen LogP contribution in [0.1, 0.15) is 47.4 Å². The fraction of sp³-hybridized carbons (Fsp3) is 0.333. The van der Waals surface area contributed by atoms with Crippen molar-refractivity contribution in [1.29, 1.82) is 0 Å². The van der Waals surface area contributed by atoms with Gasteiger partial charge in [0.25, 0.3) is 5.91 Å². The van der Waals surface area contributed by atoms with Crippen LogP contribution in [0.3, 0.4) is 0 Å². The molecule has 10 nitrogen and oxygen atoms in total. The number of amides is 2. The van der Waals surface area contributed by atoms with Gasteiger partial charge < -0.3 is 25.6 Å². The molecule has 46 heavy (non-hydrogen) atoms. The van der Waals surface area contributed by atoms with Gasteiger partial charge in [0.15, 0.2) is 5.82 Å². The van der Waals surface area contributed by atoms with E-state index in [2.05, 4.69) is 15.4 Å². The van der Waals surface area contributed by atoms with Crippen LogP contribution in [0, 0.1) is 5.82 Å². The molecular weight excluding hydrogens is 657 g/mol. The first kappa shape index (κ1) is 31.8. The monoisotopic (exact) mass is 681 g/mol. The first-order chi connectivity index (χ1) is 21.6. The third-order valence-electron chi connectivity index (χ3n) is 8.30. The number of carbonyl (C=O) groups excluding carboxylic acids is 2. The van der Waals surface area contributed by atoms with Gasteiger partial charge in [0.1, 0.15) is 34.7 Å². The first-order valence-electron chi connectivity index (χ1n) is 13.9. The molecule has 2 aliphatic rings. The van der Waals surface area contributed by atoms with Gasteiger partial charge in [0.2, 0.25) is 11.5 Å². The fourth-order valence-corrected chi connectivity index (χ4v) is 5.73. The molecule has 1 aliphatic carbocycles. The summed E-state index contributed by atoms with van der Waals surface area (Å²) in [7, 11) is 1.37. The number of hydrogen-bond acceptors (Lipinski definition) is 7. The molecule has 0 unspecified atom stereocenters. The van der Waals surface area contributed by atoms with Crippen LogP contribution in [0.4, 0.5) is 17.6 Å². The summed E-state index contributed by atoms with van der Waals surface area (Å²) < 4.78 is 71.8. The Hall–Kier alpha value is -4.14. The third kappa shape index (κ3) is 5.08. The van der Waals surface area contributed by atoms with Gasteiger partial charge in [0.05, 0.1) is 35.4 Å². The predicted molar refractivity (Wildman–Crippen MR) is 159 cm³/mol. The van der Waals surface area contributed by atoms with E-state index in [1.165, 1.54) is 32.2 Å². The molecule has 2 aromatic heterocycles. The largest absolute Gasteiger partial charge is 0.494 e. The number of carbonyl (C=O) groups is 2. The van der Waals surface area contributed by atoms with Crippen LogP contribution in [0.5, 0.6) is 11.5 Å². The number of nitrogens with one attached hydrogen (secondary N) is 1. The van der Waals surface area contributed by atoms with Gasteiger partial charge in [-0.3, -0.25) is 14.3 Å². The summed E-state index contributed by atoms with van der Waals surface area (Å²) in [4.78, 5) is 29.8. The number of alkyl halides is 3. The van der Waals surface area contributed by atoms with Gasteiger partial charge in [-0.25, -0.2) is 9.37 Å². The zero-order valence-electron chi connectivity index (χ0n) is 24.1. The number of ether oxygens (including phenoxy) is 2. The Morgan fingerprint density at radius 2 is 1.96 bits per heavy atom. The van der Waals surface area contributed by atoms with Crippen molar-refractivity contribution in [3.63, 3.8) is 0 Å². The molecule has 4 aromatic rings. The smallest absolute Gasteiger partial charge is 0.424 e. The van der Waals surface area contributed by atoms with E-state index in [0.29, 0.717) is 10.9 Å². The summed E-state index contributed by atoms with van der Waals surface area (Å²) in [5.74, 6) is -2.94. The lowest BCUT2D eigenvalue weighted by Crippen LogP contribution is -2.51. The number of aromatic nitrogens is 3. The van der Waals surface area contributed by atoms with Gasteiger partial charge in [-0.15, -0.1) is 0 Å². The molecule has 16 heteroatoms. The lowest BCUT2D eigenvalue weighted by atomic mass is 9.81. The zero-order valence-corrected chi connectivity index (χ0v) is 25.6. The molecule has 0 spiro atoms. The molecule has 6 rings (SSSR count). The van der Waals surface area contributed by atoms with Gasteiger partial charge in [-0.05, 0) is 50.1 Å². The summed E-state index contributed by atoms with van der Waals surface area (Å²) in [6.45, 7) is -0.451. The van der Waals surface area contributed by atoms with Gasteiger partial charge >= 0.3 is 6.18 Å². The van der Waals surface area contributed by atoms with Gasteiger partial charge in [-0.1, -0.05) is 23.2 Å². The molecule has 4 N–H and O–H groups in total. The highest BCUT2D eigenvalue weighted by atomic mass is 35.5. The van der Waals surface area contributed by atoms with Crippen LogP contribution in [0.15, 0.2) is 36.5 Å². The molecule has 242 valence electrons. The minimum absolute atomic E-state index is 0.0510. The van der Waals surface area contributed by atoms with E-state index in [1.54, 1.807) is 10.9 Å². The molecule has 2 amide bonds. The second-order valence-electron chi connectivity index (χ2n) is 11.4. The lowest BCUT2D eigenvalue weighted by Gasteiger charge is -2.31. The SMILES string of the molecule is COc1cc(C(=O)NC[C@](O)(c2cc3c(c(-c4ccc(Cl)c(F)c4Cl)n2)OC[C@]3(C)C(N)=O)C(F)(F)F)cc2cn(C3CC3)nc12. The predicted octanol–water partition coefficient (Wildman–Crippen LogP) is 5.20. The molecule has 0 saturated heterocycles. The summed E-state index contributed by atoms with van der Waals surface area (Å²) in [6.07, 6.45) is -1.82. The average Bonchev–Trinajstić information content (AvgIpc) is 3.68. The molecule has 0 bridgehead atoms. The number of benzene rings is 2. The van der Waals surface area contributed by atoms with E-state index < -0.39 is 57.8 Å². The minimum atomic E-state index is -5.43. The number of aliphatic hydroxyl groups is 1. The van der Waals surface area contributed by atoms with Crippen LogP contribution in [-0.2, 0) is 15.8 Å². The van der Waals surface area contributed by atoms with Crippen molar-refractivity contribution in [2.75, 3.05) is 20.3 Å². The number of halogens is 6. The number of nitrogens with zero attached hydrogens (tertiary/aromatic N) is 3. The van der Waals surface area contributed by atoms with Crippen molar-refractivity contribution in [3.05, 3.63) is 69.2 Å². The van der Waals surface area contributed by atoms with Crippen LogP contribution in [-0.4, -0.2) is 58.1 Å². The van der Waals surface area contributed by atoms with Crippen LogP contribution in [0.25, 0.3) is 22.2 Å². The standard InChI is InChI=1S/C30H25Cl2F4N5O5/c1-28(27(37)43)12-46-25-17(28)9-20(39-24(25)16-5-6-18(31)22(33)21(16)32)29(44,30(34,35)36)11-38-26(42)13-7-14-10-41(15-3-4-15)40-23(14)19(8-13)45-2/h5-10,15,44H,3-4,11-12H2,1-2H3,(H2,37,43)(H,38,42)/t28-,29-/m0/s1. The number of primary amides is 1. The summed E-state index contributed by atoms with van der Waals surface area (Å²) in [6, 6.07) is 6.14. The quantitative estimate of drug-likeness (QED) is 0.171. The van der Waals surface area contributed by atoms with E-state index in [4.69, 9.17) is 38.4 Å². The Morgan fingerprint density at radius 1 is 1.24 bits per heavy atom. The molecule has 1 saturated carbocycles. The molecule has 1 fully saturated rings. The fourth-order valence-electron chi connectivity index (χ4n) is 5.27. The first-order valence-corrected chi connectivity index (χ1v) is 14.6. The second kappa shape index (κ2) is 11.0. The van der Waals surface area contributed by atoms with Gasteiger partial charge in [-0.2, -0.15) is 18.3 Å². The summed E-state index contributed by atoms with van der Waals surface area (Å²) in [5, 5.41) is 17.5. The van der Waals surface area contributed by atoms with Crippen molar-refractivity contribution in [1.82, 2.24) is 20.1 Å². The Balaban J connectivity index is 1.43. The van der Waals surface area contributed by atoms with Crippen LogP contribution >= 0.6 is 23.2 Å². The number of nitrogens with two attached hydrogens (primary N) is 1. The van der Waals surface area contributed by atoms with E-state index in [-0.39, 0.29) is 45.9 Å². The van der Waals surface area contributed by atoms with Crippen molar-refractivity contribution in [2.24, 2.45) is 5.73 Å². The lowest BCUT2D eigenvalue weighted by molar-refractivity contribution is -0.265. The van der Waals surface area contributed by atoms with Crippen molar-refractivity contribution >= 4 is 45.9 Å². The molecule has 1 aliphatic heterocycles.